The Balaban J connectivity index is 1.63. The summed E-state index contributed by atoms with van der Waals surface area (Å²) < 4.78 is 0. The fourth-order valence-corrected chi connectivity index (χ4v) is 2.58. The van der Waals surface area contributed by atoms with Crippen molar-refractivity contribution in [3.63, 3.8) is 0 Å². The van der Waals surface area contributed by atoms with Crippen LogP contribution in [0, 0.1) is 0 Å². The van der Waals surface area contributed by atoms with Crippen LogP contribution in [-0.2, 0) is 6.54 Å². The zero-order valence-electron chi connectivity index (χ0n) is 11.1. The van der Waals surface area contributed by atoms with Crippen molar-refractivity contribution in [2.45, 2.75) is 19.5 Å². The second kappa shape index (κ2) is 5.94. The summed E-state index contributed by atoms with van der Waals surface area (Å²) in [7, 11) is 0. The third kappa shape index (κ3) is 2.92. The lowest BCUT2D eigenvalue weighted by molar-refractivity contribution is 0.564. The summed E-state index contributed by atoms with van der Waals surface area (Å²) in [6.45, 7) is 2.84. The monoisotopic (exact) mass is 285 g/mol. The van der Waals surface area contributed by atoms with E-state index in [0.29, 0.717) is 0 Å². The second-order valence-corrected chi connectivity index (χ2v) is 5.42. The first-order valence-corrected chi connectivity index (χ1v) is 7.28. The van der Waals surface area contributed by atoms with Crippen LogP contribution in [0.1, 0.15) is 23.7 Å². The van der Waals surface area contributed by atoms with Gasteiger partial charge in [0.25, 0.3) is 0 Å². The van der Waals surface area contributed by atoms with Crippen molar-refractivity contribution in [1.29, 1.82) is 0 Å². The molecule has 0 amide bonds. The second-order valence-electron chi connectivity index (χ2n) is 4.49. The normalized spacial score (nSPS) is 12.4. The van der Waals surface area contributed by atoms with Gasteiger partial charge in [0.15, 0.2) is 0 Å². The summed E-state index contributed by atoms with van der Waals surface area (Å²) in [6, 6.07) is 6.18. The van der Waals surface area contributed by atoms with Gasteiger partial charge in [-0.2, -0.15) is 5.10 Å². The quantitative estimate of drug-likeness (QED) is 0.756. The molecule has 2 N–H and O–H groups in total. The third-order valence-corrected chi connectivity index (χ3v) is 3.97. The summed E-state index contributed by atoms with van der Waals surface area (Å²) in [5.74, 6) is 0. The van der Waals surface area contributed by atoms with E-state index in [4.69, 9.17) is 0 Å². The molecular weight excluding hydrogens is 270 g/mol. The first kappa shape index (κ1) is 13.0. The number of aromatic nitrogens is 4. The first-order valence-electron chi connectivity index (χ1n) is 6.40. The molecule has 0 bridgehead atoms. The zero-order valence-corrected chi connectivity index (χ0v) is 11.9. The fraction of sp³-hybridized carbons (Fsp3) is 0.214. The van der Waals surface area contributed by atoms with E-state index in [1.807, 2.05) is 36.0 Å². The Bertz CT molecular complexity index is 647. The van der Waals surface area contributed by atoms with E-state index >= 15 is 0 Å². The highest BCUT2D eigenvalue weighted by Crippen LogP contribution is 2.18. The van der Waals surface area contributed by atoms with E-state index in [1.54, 1.807) is 17.5 Å². The van der Waals surface area contributed by atoms with Gasteiger partial charge in [-0.3, -0.25) is 10.1 Å². The fourth-order valence-electron chi connectivity index (χ4n) is 1.91. The average molecular weight is 285 g/mol. The lowest BCUT2D eigenvalue weighted by Crippen LogP contribution is -2.18. The van der Waals surface area contributed by atoms with Crippen LogP contribution in [0.4, 0.5) is 0 Å². The van der Waals surface area contributed by atoms with Crippen molar-refractivity contribution in [1.82, 2.24) is 25.5 Å². The molecule has 0 aliphatic carbocycles. The van der Waals surface area contributed by atoms with Gasteiger partial charge < -0.3 is 5.32 Å². The standard InChI is InChI=1S/C14H15N5S/c1-10(14-16-5-6-20-14)17-9-12-7-13(19-18-12)11-3-2-4-15-8-11/h2-8,10,17H,9H2,1H3,(H,18,19)/t10-/m1/s1. The van der Waals surface area contributed by atoms with Crippen molar-refractivity contribution < 1.29 is 0 Å². The Morgan fingerprint density at radius 1 is 1.40 bits per heavy atom. The molecule has 0 aliphatic heterocycles. The van der Waals surface area contributed by atoms with E-state index in [-0.39, 0.29) is 6.04 Å². The molecule has 102 valence electrons. The number of rotatable bonds is 5. The van der Waals surface area contributed by atoms with E-state index < -0.39 is 0 Å². The third-order valence-electron chi connectivity index (χ3n) is 3.01. The van der Waals surface area contributed by atoms with Crippen LogP contribution in [-0.4, -0.2) is 20.2 Å². The van der Waals surface area contributed by atoms with Crippen molar-refractivity contribution in [2.24, 2.45) is 0 Å². The number of nitrogens with zero attached hydrogens (tertiary/aromatic N) is 3. The van der Waals surface area contributed by atoms with E-state index in [9.17, 15) is 0 Å². The molecule has 0 unspecified atom stereocenters. The molecule has 0 saturated carbocycles. The number of hydrogen-bond acceptors (Lipinski definition) is 5. The van der Waals surface area contributed by atoms with Gasteiger partial charge in [0.05, 0.1) is 11.7 Å². The van der Waals surface area contributed by atoms with Crippen molar-refractivity contribution in [3.05, 3.63) is 52.9 Å². The van der Waals surface area contributed by atoms with Crippen molar-refractivity contribution in [3.8, 4) is 11.3 Å². The first-order chi connectivity index (χ1) is 9.83. The molecule has 3 heterocycles. The summed E-state index contributed by atoms with van der Waals surface area (Å²) in [4.78, 5) is 8.41. The highest BCUT2D eigenvalue weighted by Gasteiger charge is 2.09. The van der Waals surface area contributed by atoms with E-state index in [1.165, 1.54) is 0 Å². The molecular formula is C14H15N5S. The number of thiazole rings is 1. The van der Waals surface area contributed by atoms with Crippen LogP contribution >= 0.6 is 11.3 Å². The molecule has 0 aromatic carbocycles. The van der Waals surface area contributed by atoms with Crippen LogP contribution < -0.4 is 5.32 Å². The predicted octanol–water partition coefficient (Wildman–Crippen LogP) is 2.78. The molecule has 0 radical (unpaired) electrons. The zero-order chi connectivity index (χ0) is 13.8. The molecule has 0 fully saturated rings. The van der Waals surface area contributed by atoms with Gasteiger partial charge in [-0.1, -0.05) is 0 Å². The summed E-state index contributed by atoms with van der Waals surface area (Å²) in [6.07, 6.45) is 5.40. The van der Waals surface area contributed by atoms with Gasteiger partial charge in [0, 0.05) is 41.8 Å². The molecule has 3 aromatic heterocycles. The molecule has 6 heteroatoms. The molecule has 0 spiro atoms. The maximum atomic E-state index is 4.31. The van der Waals surface area contributed by atoms with Crippen LogP contribution in [0.15, 0.2) is 42.2 Å². The molecule has 20 heavy (non-hydrogen) atoms. The van der Waals surface area contributed by atoms with Crippen LogP contribution in [0.5, 0.6) is 0 Å². The topological polar surface area (TPSA) is 66.5 Å². The predicted molar refractivity (Wildman–Crippen MR) is 79.2 cm³/mol. The maximum Gasteiger partial charge on any atom is 0.109 e. The largest absolute Gasteiger partial charge is 0.302 e. The molecule has 3 rings (SSSR count). The summed E-state index contributed by atoms with van der Waals surface area (Å²) in [5, 5.41) is 13.9. The summed E-state index contributed by atoms with van der Waals surface area (Å²) >= 11 is 1.66. The Morgan fingerprint density at radius 3 is 3.10 bits per heavy atom. The maximum absolute atomic E-state index is 4.31. The Morgan fingerprint density at radius 2 is 2.35 bits per heavy atom. The highest BCUT2D eigenvalue weighted by atomic mass is 32.1. The average Bonchev–Trinajstić information content (AvgIpc) is 3.17. The number of pyridine rings is 1. The molecule has 0 saturated heterocycles. The van der Waals surface area contributed by atoms with Gasteiger partial charge >= 0.3 is 0 Å². The number of H-pyrrole nitrogens is 1. The van der Waals surface area contributed by atoms with Gasteiger partial charge in [0.1, 0.15) is 5.01 Å². The molecule has 3 aromatic rings. The lowest BCUT2D eigenvalue weighted by Gasteiger charge is -2.09. The highest BCUT2D eigenvalue weighted by molar-refractivity contribution is 7.09. The van der Waals surface area contributed by atoms with Crippen LogP contribution in [0.2, 0.25) is 0 Å². The van der Waals surface area contributed by atoms with E-state index in [2.05, 4.69) is 32.4 Å². The minimum absolute atomic E-state index is 0.236. The minimum atomic E-state index is 0.236. The smallest absolute Gasteiger partial charge is 0.109 e. The minimum Gasteiger partial charge on any atom is -0.302 e. The van der Waals surface area contributed by atoms with Gasteiger partial charge in [-0.25, -0.2) is 4.98 Å². The lowest BCUT2D eigenvalue weighted by atomic mass is 10.2. The Hall–Kier alpha value is -2.05. The van der Waals surface area contributed by atoms with Crippen LogP contribution in [0.25, 0.3) is 11.3 Å². The Labute approximate surface area is 121 Å². The van der Waals surface area contributed by atoms with Gasteiger partial charge in [0.2, 0.25) is 0 Å². The van der Waals surface area contributed by atoms with Gasteiger partial charge in [-0.15, -0.1) is 11.3 Å². The van der Waals surface area contributed by atoms with Gasteiger partial charge in [-0.05, 0) is 25.1 Å². The molecule has 1 atom stereocenters. The molecule has 0 aliphatic rings. The number of nitrogens with one attached hydrogen (secondary N) is 2. The van der Waals surface area contributed by atoms with Crippen LogP contribution in [0.3, 0.4) is 0 Å². The summed E-state index contributed by atoms with van der Waals surface area (Å²) in [5.41, 5.74) is 2.98. The SMILES string of the molecule is C[C@@H](NCc1cc(-c2cccnc2)n[nH]1)c1nccs1. The number of aromatic amines is 1. The molecule has 5 nitrogen and oxygen atoms in total. The Kier molecular flexibility index (Phi) is 3.85. The van der Waals surface area contributed by atoms with E-state index in [0.717, 1.165) is 28.5 Å². The van der Waals surface area contributed by atoms with Crippen molar-refractivity contribution >= 4 is 11.3 Å². The van der Waals surface area contributed by atoms with Crippen molar-refractivity contribution in [2.75, 3.05) is 0 Å². The number of hydrogen-bond donors (Lipinski definition) is 2.